The number of carbonyl (C=O) groups is 1. The third-order valence-corrected chi connectivity index (χ3v) is 2.25. The van der Waals surface area contributed by atoms with Crippen LogP contribution < -0.4 is 15.7 Å². The van der Waals surface area contributed by atoms with Crippen molar-refractivity contribution in [1.29, 1.82) is 0 Å². The van der Waals surface area contributed by atoms with Gasteiger partial charge in [-0.15, -0.1) is 4.48 Å². The minimum Gasteiger partial charge on any atom is -0.435 e. The zero-order chi connectivity index (χ0) is 11.9. The first-order valence-corrected chi connectivity index (χ1v) is 4.16. The molecule has 0 saturated heterocycles. The number of aliphatic hydroxyl groups is 1. The smallest absolute Gasteiger partial charge is 0.435 e. The molecule has 1 atom stereocenters. The van der Waals surface area contributed by atoms with Gasteiger partial charge < -0.3 is 10.2 Å². The Morgan fingerprint density at radius 2 is 2.12 bits per heavy atom. The van der Waals surface area contributed by atoms with E-state index in [1.165, 1.54) is 0 Å². The molecule has 0 fully saturated rings. The van der Waals surface area contributed by atoms with Gasteiger partial charge in [0.1, 0.15) is 0 Å². The van der Waals surface area contributed by atoms with E-state index in [4.69, 9.17) is 10.2 Å². The van der Waals surface area contributed by atoms with E-state index >= 15 is 0 Å². The van der Waals surface area contributed by atoms with Crippen molar-refractivity contribution < 1.29 is 15.0 Å². The maximum absolute atomic E-state index is 11.3. The standard InChI is InChI=1S/C7H6N4O5/c12-2-11(7(15)16)1-8-3-4(11)9-6(14)10-5(3)13/h1,12H,2H2,(H2-,9,10,13,14,15,16)/p+1. The van der Waals surface area contributed by atoms with Gasteiger partial charge in [0.05, 0.1) is 0 Å². The summed E-state index contributed by atoms with van der Waals surface area (Å²) in [5, 5.41) is 18.1. The van der Waals surface area contributed by atoms with Crippen LogP contribution in [-0.4, -0.2) is 39.3 Å². The highest BCUT2D eigenvalue weighted by atomic mass is 16.4. The predicted octanol–water partition coefficient (Wildman–Crippen LogP) is -1.33. The van der Waals surface area contributed by atoms with Crippen LogP contribution in [0.15, 0.2) is 14.6 Å². The summed E-state index contributed by atoms with van der Waals surface area (Å²) >= 11 is 0. The number of hydrogen-bond acceptors (Lipinski definition) is 5. The van der Waals surface area contributed by atoms with E-state index in [0.717, 1.165) is 6.34 Å². The van der Waals surface area contributed by atoms with Crippen molar-refractivity contribution in [3.63, 3.8) is 0 Å². The van der Waals surface area contributed by atoms with Crippen LogP contribution in [0.25, 0.3) is 0 Å². The first-order chi connectivity index (χ1) is 7.51. The Hall–Kier alpha value is -2.26. The van der Waals surface area contributed by atoms with Crippen molar-refractivity contribution >= 4 is 23.9 Å². The lowest BCUT2D eigenvalue weighted by Gasteiger charge is -2.19. The molecule has 1 aliphatic rings. The molecule has 9 nitrogen and oxygen atoms in total. The molecule has 0 saturated carbocycles. The second-order valence-electron chi connectivity index (χ2n) is 3.14. The van der Waals surface area contributed by atoms with Gasteiger partial charge in [0.25, 0.3) is 11.4 Å². The molecule has 0 aliphatic carbocycles. The molecule has 1 unspecified atom stereocenters. The molecule has 0 bridgehead atoms. The van der Waals surface area contributed by atoms with Crippen molar-refractivity contribution in [2.75, 3.05) is 6.73 Å². The van der Waals surface area contributed by atoms with Crippen molar-refractivity contribution in [3.8, 4) is 0 Å². The van der Waals surface area contributed by atoms with Gasteiger partial charge in [-0.25, -0.2) is 4.79 Å². The van der Waals surface area contributed by atoms with Gasteiger partial charge in [0.2, 0.25) is 18.8 Å². The maximum atomic E-state index is 11.3. The Bertz CT molecular complexity index is 600. The number of amides is 1. The zero-order valence-corrected chi connectivity index (χ0v) is 7.80. The number of quaternary nitrogens is 1. The molecule has 4 N–H and O–H groups in total. The summed E-state index contributed by atoms with van der Waals surface area (Å²) in [6.45, 7) is -0.856. The molecular formula is C7H7N4O5+. The molecular weight excluding hydrogens is 220 g/mol. The van der Waals surface area contributed by atoms with Crippen molar-refractivity contribution in [3.05, 3.63) is 20.8 Å². The summed E-state index contributed by atoms with van der Waals surface area (Å²) in [7, 11) is 0. The Kier molecular flexibility index (Phi) is 2.00. The summed E-state index contributed by atoms with van der Waals surface area (Å²) in [4.78, 5) is 41.0. The van der Waals surface area contributed by atoms with Gasteiger partial charge in [-0.2, -0.15) is 9.79 Å². The number of hydrogen-bond donors (Lipinski definition) is 4. The summed E-state index contributed by atoms with van der Waals surface area (Å²) in [5.41, 5.74) is -1.88. The Balaban J connectivity index is 2.81. The molecule has 16 heavy (non-hydrogen) atoms. The number of aromatic amines is 2. The van der Waals surface area contributed by atoms with Gasteiger partial charge in [-0.05, 0) is 0 Å². The lowest BCUT2D eigenvalue weighted by atomic mass is 10.4. The summed E-state index contributed by atoms with van der Waals surface area (Å²) in [6.07, 6.45) is -0.579. The fourth-order valence-corrected chi connectivity index (χ4v) is 1.40. The van der Waals surface area contributed by atoms with Crippen molar-refractivity contribution in [1.82, 2.24) is 14.5 Å². The van der Waals surface area contributed by atoms with Crippen LogP contribution in [0.1, 0.15) is 0 Å². The average molecular weight is 227 g/mol. The lowest BCUT2D eigenvalue weighted by molar-refractivity contribution is 0.130. The Morgan fingerprint density at radius 3 is 2.69 bits per heavy atom. The third-order valence-electron chi connectivity index (χ3n) is 2.25. The molecule has 2 heterocycles. The average Bonchev–Trinajstić information content (AvgIpc) is 2.57. The number of rotatable bonds is 1. The number of aliphatic imine (C=N–C) groups is 1. The topological polar surface area (TPSA) is 136 Å². The normalized spacial score (nSPS) is 22.1. The second kappa shape index (κ2) is 3.12. The molecule has 84 valence electrons. The molecule has 9 heteroatoms. The molecule has 0 radical (unpaired) electrons. The number of aromatic nitrogens is 2. The van der Waals surface area contributed by atoms with E-state index in [0.29, 0.717) is 0 Å². The Labute approximate surface area is 86.9 Å². The highest BCUT2D eigenvalue weighted by molar-refractivity contribution is 6.03. The van der Waals surface area contributed by atoms with E-state index in [-0.39, 0.29) is 11.5 Å². The van der Waals surface area contributed by atoms with Gasteiger partial charge in [0.15, 0.2) is 0 Å². The van der Waals surface area contributed by atoms with Gasteiger partial charge in [0, 0.05) is 0 Å². The van der Waals surface area contributed by atoms with Crippen molar-refractivity contribution in [2.24, 2.45) is 4.99 Å². The van der Waals surface area contributed by atoms with E-state index in [1.54, 1.807) is 0 Å². The molecule has 0 aromatic carbocycles. The molecule has 2 rings (SSSR count). The predicted molar refractivity (Wildman–Crippen MR) is 52.7 cm³/mol. The molecule has 0 spiro atoms. The van der Waals surface area contributed by atoms with Crippen LogP contribution in [-0.2, 0) is 0 Å². The zero-order valence-electron chi connectivity index (χ0n) is 7.80. The summed E-state index contributed by atoms with van der Waals surface area (Å²) < 4.78 is -1.12. The highest BCUT2D eigenvalue weighted by Crippen LogP contribution is 2.31. The number of nitrogens with one attached hydrogen (secondary N) is 2. The van der Waals surface area contributed by atoms with E-state index in [1.807, 2.05) is 4.98 Å². The fraction of sp³-hybridized carbons (Fsp3) is 0.143. The monoisotopic (exact) mass is 227 g/mol. The van der Waals surface area contributed by atoms with Crippen LogP contribution >= 0.6 is 0 Å². The molecule has 1 amide bonds. The molecule has 1 aromatic rings. The van der Waals surface area contributed by atoms with Crippen LogP contribution in [0, 0.1) is 0 Å². The van der Waals surface area contributed by atoms with Gasteiger partial charge in [-0.3, -0.25) is 14.8 Å². The third kappa shape index (κ3) is 1.12. The molecule has 1 aliphatic heterocycles. The number of H-pyrrole nitrogens is 2. The van der Waals surface area contributed by atoms with Gasteiger partial charge >= 0.3 is 11.8 Å². The van der Waals surface area contributed by atoms with Gasteiger partial charge in [-0.1, -0.05) is 0 Å². The highest BCUT2D eigenvalue weighted by Gasteiger charge is 2.46. The van der Waals surface area contributed by atoms with E-state index in [2.05, 4.69) is 9.98 Å². The quantitative estimate of drug-likeness (QED) is 0.441. The lowest BCUT2D eigenvalue weighted by Crippen LogP contribution is -2.53. The largest absolute Gasteiger partial charge is 0.528 e. The first kappa shape index (κ1) is 10.3. The first-order valence-electron chi connectivity index (χ1n) is 4.16. The van der Waals surface area contributed by atoms with Crippen LogP contribution in [0.5, 0.6) is 0 Å². The minimum atomic E-state index is -1.45. The minimum absolute atomic E-state index is 0.226. The number of carboxylic acid groups (broad SMARTS) is 1. The maximum Gasteiger partial charge on any atom is 0.528 e. The SMILES string of the molecule is O=C(O)[N+]1(CO)C=Nc2c1[nH]c(=O)[nH]c2=O. The Morgan fingerprint density at radius 1 is 1.44 bits per heavy atom. The van der Waals surface area contributed by atoms with E-state index in [9.17, 15) is 14.4 Å². The number of nitrogens with zero attached hydrogens (tertiary/aromatic N) is 2. The fourth-order valence-electron chi connectivity index (χ4n) is 1.40. The van der Waals surface area contributed by atoms with Crippen LogP contribution in [0.2, 0.25) is 0 Å². The van der Waals surface area contributed by atoms with Crippen molar-refractivity contribution in [2.45, 2.75) is 0 Å². The van der Waals surface area contributed by atoms with Crippen LogP contribution in [0.3, 0.4) is 0 Å². The molecule has 1 aromatic heterocycles. The second-order valence-corrected chi connectivity index (χ2v) is 3.14. The van der Waals surface area contributed by atoms with E-state index < -0.39 is 28.6 Å². The summed E-state index contributed by atoms with van der Waals surface area (Å²) in [5.74, 6) is -0.260. The number of aliphatic hydroxyl groups excluding tert-OH is 1. The number of fused-ring (bicyclic) bond motifs is 1. The van der Waals surface area contributed by atoms with Crippen LogP contribution in [0.4, 0.5) is 16.3 Å². The summed E-state index contributed by atoms with van der Waals surface area (Å²) in [6, 6.07) is 0.